The lowest BCUT2D eigenvalue weighted by Gasteiger charge is -2.29. The van der Waals surface area contributed by atoms with Gasteiger partial charge >= 0.3 is 0 Å². The van der Waals surface area contributed by atoms with E-state index in [1.165, 1.54) is 4.90 Å². The molecule has 0 saturated carbocycles. The number of amides is 4. The van der Waals surface area contributed by atoms with E-state index in [-0.39, 0.29) is 25.4 Å². The number of carbonyl (C=O) groups excluding carboxylic acids is 5. The van der Waals surface area contributed by atoms with Crippen molar-refractivity contribution >= 4 is 29.9 Å². The molecule has 0 aliphatic heterocycles. The number of hydroxylamine groups is 1. The van der Waals surface area contributed by atoms with Crippen LogP contribution < -0.4 is 21.4 Å². The molecule has 0 spiro atoms. The molecule has 1 aromatic carbocycles. The van der Waals surface area contributed by atoms with Crippen molar-refractivity contribution in [1.29, 1.82) is 0 Å². The first-order valence-corrected chi connectivity index (χ1v) is 12.5. The van der Waals surface area contributed by atoms with E-state index in [0.29, 0.717) is 32.0 Å². The average molecular weight is 520 g/mol. The van der Waals surface area contributed by atoms with Crippen molar-refractivity contribution in [2.45, 2.75) is 84.0 Å². The van der Waals surface area contributed by atoms with Crippen molar-refractivity contribution in [3.05, 3.63) is 35.4 Å². The second-order valence-electron chi connectivity index (χ2n) is 9.64. The summed E-state index contributed by atoms with van der Waals surface area (Å²) < 4.78 is 0. The third kappa shape index (κ3) is 11.1. The van der Waals surface area contributed by atoms with Crippen LogP contribution >= 0.6 is 0 Å². The molecule has 0 aromatic heterocycles. The van der Waals surface area contributed by atoms with E-state index in [1.807, 2.05) is 31.2 Å². The Hall–Kier alpha value is -3.31. The number of unbranched alkanes of at least 4 members (excludes halogenated alkanes) is 2. The summed E-state index contributed by atoms with van der Waals surface area (Å²) in [4.78, 5) is 62.6. The van der Waals surface area contributed by atoms with Gasteiger partial charge in [0.05, 0.1) is 18.1 Å². The Morgan fingerprint density at radius 2 is 1.73 bits per heavy atom. The molecule has 0 fully saturated rings. The van der Waals surface area contributed by atoms with Crippen LogP contribution in [-0.2, 0) is 30.5 Å². The van der Waals surface area contributed by atoms with Crippen molar-refractivity contribution in [2.75, 3.05) is 13.6 Å². The van der Waals surface area contributed by atoms with Gasteiger partial charge in [0.25, 0.3) is 0 Å². The van der Waals surface area contributed by atoms with E-state index in [0.717, 1.165) is 11.1 Å². The minimum Gasteiger partial charge on any atom is -0.345 e. The van der Waals surface area contributed by atoms with Crippen molar-refractivity contribution in [3.63, 3.8) is 0 Å². The van der Waals surface area contributed by atoms with Gasteiger partial charge in [0.1, 0.15) is 12.3 Å². The van der Waals surface area contributed by atoms with Gasteiger partial charge in [0, 0.05) is 13.0 Å². The molecule has 2 unspecified atom stereocenters. The fourth-order valence-electron chi connectivity index (χ4n) is 3.51. The molecular formula is C26H41N5O6. The summed E-state index contributed by atoms with van der Waals surface area (Å²) in [7, 11) is 1.65. The first kappa shape index (κ1) is 31.7. The Morgan fingerprint density at radius 1 is 1.05 bits per heavy atom. The second kappa shape index (κ2) is 15.7. The van der Waals surface area contributed by atoms with Crippen LogP contribution in [0.4, 0.5) is 0 Å². The molecule has 11 heteroatoms. The SMILES string of the molecule is CNC(C)(C)C(=O)NC(C)C(=O)N(CC(=O)NC(C=O)CCCCCC(=O)NO)Cc1ccccc1C. The minimum atomic E-state index is -0.883. The molecule has 0 aliphatic carbocycles. The maximum absolute atomic E-state index is 13.3. The summed E-state index contributed by atoms with van der Waals surface area (Å²) >= 11 is 0. The predicted molar refractivity (Wildman–Crippen MR) is 138 cm³/mol. The van der Waals surface area contributed by atoms with Crippen LogP contribution in [0, 0.1) is 6.92 Å². The smallest absolute Gasteiger partial charge is 0.245 e. The Balaban J connectivity index is 2.86. The summed E-state index contributed by atoms with van der Waals surface area (Å²) in [6.45, 7) is 6.74. The highest BCUT2D eigenvalue weighted by Gasteiger charge is 2.30. The van der Waals surface area contributed by atoms with Gasteiger partial charge in [-0.15, -0.1) is 0 Å². The third-order valence-electron chi connectivity index (χ3n) is 6.23. The Morgan fingerprint density at radius 3 is 2.32 bits per heavy atom. The van der Waals surface area contributed by atoms with E-state index in [4.69, 9.17) is 5.21 Å². The van der Waals surface area contributed by atoms with Gasteiger partial charge in [-0.1, -0.05) is 37.1 Å². The van der Waals surface area contributed by atoms with Crippen LogP contribution in [0.5, 0.6) is 0 Å². The van der Waals surface area contributed by atoms with Gasteiger partial charge in [-0.05, 0) is 58.7 Å². The molecule has 5 N–H and O–H groups in total. The maximum Gasteiger partial charge on any atom is 0.245 e. The van der Waals surface area contributed by atoms with Gasteiger partial charge in [-0.25, -0.2) is 5.48 Å². The van der Waals surface area contributed by atoms with Crippen molar-refractivity contribution in [2.24, 2.45) is 0 Å². The summed E-state index contributed by atoms with van der Waals surface area (Å²) in [5.41, 5.74) is 2.50. The van der Waals surface area contributed by atoms with Crippen molar-refractivity contribution in [1.82, 2.24) is 26.3 Å². The zero-order chi connectivity index (χ0) is 28.0. The van der Waals surface area contributed by atoms with Crippen LogP contribution in [0.3, 0.4) is 0 Å². The van der Waals surface area contributed by atoms with E-state index >= 15 is 0 Å². The number of likely N-dealkylation sites (N-methyl/N-ethyl adjacent to an activating group) is 1. The molecule has 1 aromatic rings. The number of rotatable bonds is 16. The van der Waals surface area contributed by atoms with Crippen LogP contribution in [0.2, 0.25) is 0 Å². The standard InChI is InChI=1S/C26H41N5O6/c1-18-11-9-10-12-20(18)15-31(24(35)19(2)28-25(36)26(3,4)27-5)16-23(34)29-21(17-32)13-7-6-8-14-22(33)30-37/h9-12,17,19,21,27,37H,6-8,13-16H2,1-5H3,(H,28,36)(H,29,34)(H,30,33). The fourth-order valence-corrected chi connectivity index (χ4v) is 3.51. The number of hydrogen-bond acceptors (Lipinski definition) is 7. The van der Waals surface area contributed by atoms with Crippen LogP contribution in [0.15, 0.2) is 24.3 Å². The first-order chi connectivity index (χ1) is 17.4. The number of aldehydes is 1. The Labute approximate surface area is 218 Å². The highest BCUT2D eigenvalue weighted by molar-refractivity contribution is 5.93. The molecule has 1 rings (SSSR count). The maximum atomic E-state index is 13.3. The Kier molecular flexibility index (Phi) is 13.5. The molecule has 0 heterocycles. The topological polar surface area (TPSA) is 157 Å². The summed E-state index contributed by atoms with van der Waals surface area (Å²) in [6, 6.07) is 5.89. The lowest BCUT2D eigenvalue weighted by molar-refractivity contribution is -0.140. The van der Waals surface area contributed by atoms with Crippen LogP contribution in [0.25, 0.3) is 0 Å². The third-order valence-corrected chi connectivity index (χ3v) is 6.23. The predicted octanol–water partition coefficient (Wildman–Crippen LogP) is 0.966. The molecule has 4 amide bonds. The monoisotopic (exact) mass is 519 g/mol. The van der Waals surface area contributed by atoms with E-state index in [9.17, 15) is 24.0 Å². The van der Waals surface area contributed by atoms with Gasteiger partial charge in [0.15, 0.2) is 0 Å². The molecule has 37 heavy (non-hydrogen) atoms. The number of hydrogen-bond donors (Lipinski definition) is 5. The van der Waals surface area contributed by atoms with Crippen molar-refractivity contribution in [3.8, 4) is 0 Å². The van der Waals surface area contributed by atoms with Gasteiger partial charge < -0.3 is 25.6 Å². The summed E-state index contributed by atoms with van der Waals surface area (Å²) in [6.07, 6.45) is 2.98. The molecule has 11 nitrogen and oxygen atoms in total. The molecule has 2 atom stereocenters. The molecular weight excluding hydrogens is 478 g/mol. The van der Waals surface area contributed by atoms with E-state index in [2.05, 4.69) is 16.0 Å². The molecule has 0 radical (unpaired) electrons. The molecule has 0 aliphatic rings. The van der Waals surface area contributed by atoms with Gasteiger partial charge in [-0.3, -0.25) is 24.4 Å². The first-order valence-electron chi connectivity index (χ1n) is 12.5. The molecule has 0 saturated heterocycles. The zero-order valence-corrected chi connectivity index (χ0v) is 22.4. The average Bonchev–Trinajstić information content (AvgIpc) is 2.87. The number of benzene rings is 1. The van der Waals surface area contributed by atoms with Gasteiger partial charge in [-0.2, -0.15) is 0 Å². The largest absolute Gasteiger partial charge is 0.345 e. The normalized spacial score (nSPS) is 12.7. The molecule has 0 bridgehead atoms. The minimum absolute atomic E-state index is 0.160. The molecule has 206 valence electrons. The lowest BCUT2D eigenvalue weighted by Crippen LogP contribution is -2.57. The van der Waals surface area contributed by atoms with Crippen molar-refractivity contribution < 1.29 is 29.2 Å². The van der Waals surface area contributed by atoms with Gasteiger partial charge in [0.2, 0.25) is 23.6 Å². The highest BCUT2D eigenvalue weighted by atomic mass is 16.5. The van der Waals surface area contributed by atoms with Crippen LogP contribution in [-0.4, -0.2) is 71.2 Å². The lowest BCUT2D eigenvalue weighted by atomic mass is 10.0. The summed E-state index contributed by atoms with van der Waals surface area (Å²) in [5, 5.41) is 16.8. The number of carbonyl (C=O) groups is 5. The van der Waals surface area contributed by atoms with E-state index < -0.39 is 35.3 Å². The quantitative estimate of drug-likeness (QED) is 0.0942. The highest BCUT2D eigenvalue weighted by Crippen LogP contribution is 2.12. The summed E-state index contributed by atoms with van der Waals surface area (Å²) in [5.74, 6) is -1.75. The van der Waals surface area contributed by atoms with E-state index in [1.54, 1.807) is 33.3 Å². The van der Waals surface area contributed by atoms with Crippen LogP contribution in [0.1, 0.15) is 64.0 Å². The Bertz CT molecular complexity index is 936. The zero-order valence-electron chi connectivity index (χ0n) is 22.4. The number of aryl methyl sites for hydroxylation is 1. The number of nitrogens with zero attached hydrogens (tertiary/aromatic N) is 1. The number of nitrogens with one attached hydrogen (secondary N) is 4. The second-order valence-corrected chi connectivity index (χ2v) is 9.64. The fraction of sp³-hybridized carbons (Fsp3) is 0.577.